The quantitative estimate of drug-likeness (QED) is 0.136. The second kappa shape index (κ2) is 14.2. The fourth-order valence-electron chi connectivity index (χ4n) is 4.25. The smallest absolute Gasteiger partial charge is 0.437 e. The van der Waals surface area contributed by atoms with Gasteiger partial charge in [0.15, 0.2) is 0 Å². The first kappa shape index (κ1) is 32.4. The summed E-state index contributed by atoms with van der Waals surface area (Å²) in [6, 6.07) is 2.82. The molecule has 11 nitrogen and oxygen atoms in total. The topological polar surface area (TPSA) is 139 Å². The van der Waals surface area contributed by atoms with Gasteiger partial charge in [0.2, 0.25) is 17.7 Å². The van der Waals surface area contributed by atoms with Crippen LogP contribution >= 0.6 is 0 Å². The zero-order chi connectivity index (χ0) is 30.9. The third-order valence-corrected chi connectivity index (χ3v) is 6.08. The molecule has 1 aliphatic rings. The van der Waals surface area contributed by atoms with Crippen LogP contribution in [0.2, 0.25) is 0 Å². The molecule has 0 radical (unpaired) electrons. The molecule has 1 saturated heterocycles. The van der Waals surface area contributed by atoms with E-state index in [-0.39, 0.29) is 35.6 Å². The minimum Gasteiger partial charge on any atom is -0.489 e. The lowest BCUT2D eigenvalue weighted by atomic mass is 10.1. The van der Waals surface area contributed by atoms with E-state index in [4.69, 9.17) is 14.0 Å². The van der Waals surface area contributed by atoms with Crippen LogP contribution in [-0.2, 0) is 10.9 Å². The van der Waals surface area contributed by atoms with E-state index in [1.54, 1.807) is 26.8 Å². The molecular weight excluding hydrogens is 559 g/mol. The Morgan fingerprint density at radius 2 is 2.00 bits per heavy atom. The summed E-state index contributed by atoms with van der Waals surface area (Å²) < 4.78 is 57.6. The number of ether oxygens (including phenoxy) is 2. The van der Waals surface area contributed by atoms with Gasteiger partial charge in [-0.05, 0) is 64.7 Å². The van der Waals surface area contributed by atoms with Crippen LogP contribution < -0.4 is 10.1 Å². The fraction of sp³-hybridized carbons (Fsp3) is 0.536. The Morgan fingerprint density at radius 1 is 1.24 bits per heavy atom. The molecule has 0 unspecified atom stereocenters. The molecule has 1 aromatic heterocycles. The second-order valence-electron chi connectivity index (χ2n) is 10.6. The number of unbranched alkanes of at least 4 members (excludes halogenated alkanes) is 3. The van der Waals surface area contributed by atoms with Gasteiger partial charge in [-0.25, -0.2) is 9.59 Å². The highest BCUT2D eigenvalue weighted by Gasteiger charge is 2.37. The lowest BCUT2D eigenvalue weighted by Gasteiger charge is -2.25. The predicted octanol–water partition coefficient (Wildman–Crippen LogP) is 6.97. The summed E-state index contributed by atoms with van der Waals surface area (Å²) in [7, 11) is 0. The van der Waals surface area contributed by atoms with Crippen molar-refractivity contribution in [1.82, 2.24) is 20.4 Å². The van der Waals surface area contributed by atoms with Crippen molar-refractivity contribution < 1.29 is 41.9 Å². The lowest BCUT2D eigenvalue weighted by molar-refractivity contribution is -0.138. The van der Waals surface area contributed by atoms with Gasteiger partial charge < -0.3 is 24.0 Å². The van der Waals surface area contributed by atoms with Crippen LogP contribution in [0.15, 0.2) is 39.9 Å². The van der Waals surface area contributed by atoms with Crippen LogP contribution in [0.5, 0.6) is 5.75 Å². The van der Waals surface area contributed by atoms with Gasteiger partial charge in [-0.1, -0.05) is 37.1 Å². The molecule has 2 heterocycles. The molecule has 0 saturated carbocycles. The van der Waals surface area contributed by atoms with E-state index in [1.165, 1.54) is 17.0 Å². The van der Waals surface area contributed by atoms with Gasteiger partial charge in [-0.15, -0.1) is 4.99 Å². The first-order chi connectivity index (χ1) is 19.8. The Balaban J connectivity index is 1.81. The molecule has 1 atom stereocenters. The third kappa shape index (κ3) is 9.48. The molecule has 2 amide bonds. The molecule has 42 heavy (non-hydrogen) atoms. The number of rotatable bonds is 9. The van der Waals surface area contributed by atoms with E-state index >= 15 is 0 Å². The first-order valence-electron chi connectivity index (χ1n) is 13.7. The Labute approximate surface area is 241 Å². The van der Waals surface area contributed by atoms with Crippen molar-refractivity contribution in [1.29, 1.82) is 0 Å². The number of alkyl halides is 3. The Bertz CT molecular complexity index is 1290. The van der Waals surface area contributed by atoms with Crippen LogP contribution in [0.3, 0.4) is 0 Å². The van der Waals surface area contributed by atoms with Crippen molar-refractivity contribution in [2.45, 2.75) is 84.0 Å². The highest BCUT2D eigenvalue weighted by Crippen LogP contribution is 2.39. The van der Waals surface area contributed by atoms with Gasteiger partial charge in [0, 0.05) is 12.1 Å². The van der Waals surface area contributed by atoms with E-state index in [9.17, 15) is 27.9 Å². The molecule has 1 aliphatic heterocycles. The lowest BCUT2D eigenvalue weighted by Crippen LogP contribution is -2.44. The number of aliphatic imine (C=N–C) groups is 1. The number of benzene rings is 1. The summed E-state index contributed by atoms with van der Waals surface area (Å²) in [4.78, 5) is 33.2. The number of carbonyl (C=O) groups is 2. The maximum Gasteiger partial charge on any atom is 0.437 e. The van der Waals surface area contributed by atoms with E-state index in [2.05, 4.69) is 27.4 Å². The molecule has 3 rings (SSSR count). The van der Waals surface area contributed by atoms with Crippen LogP contribution in [0.25, 0.3) is 11.4 Å². The minimum absolute atomic E-state index is 0.00398. The number of halogens is 3. The van der Waals surface area contributed by atoms with Crippen molar-refractivity contribution in [3.8, 4) is 17.1 Å². The van der Waals surface area contributed by atoms with E-state index in [1.807, 2.05) is 6.08 Å². The highest BCUT2D eigenvalue weighted by atomic mass is 19.4. The number of nitrogens with one attached hydrogen (secondary N) is 1. The molecule has 14 heteroatoms. The van der Waals surface area contributed by atoms with Gasteiger partial charge in [0.1, 0.15) is 24.0 Å². The number of aromatic nitrogens is 2. The Hall–Kier alpha value is -4.10. The number of guanidine groups is 1. The molecule has 0 bridgehead atoms. The van der Waals surface area contributed by atoms with Crippen LogP contribution in [0.1, 0.15) is 83.7 Å². The van der Waals surface area contributed by atoms with Crippen molar-refractivity contribution in [3.63, 3.8) is 0 Å². The second-order valence-corrected chi connectivity index (χ2v) is 10.6. The molecule has 230 valence electrons. The number of amides is 2. The molecule has 1 fully saturated rings. The third-order valence-electron chi connectivity index (χ3n) is 6.08. The van der Waals surface area contributed by atoms with Crippen LogP contribution in [0.4, 0.5) is 22.8 Å². The minimum atomic E-state index is -4.69. The summed E-state index contributed by atoms with van der Waals surface area (Å²) in [6.07, 6.45) is 1.44. The maximum absolute atomic E-state index is 13.9. The van der Waals surface area contributed by atoms with Gasteiger partial charge >= 0.3 is 18.4 Å². The summed E-state index contributed by atoms with van der Waals surface area (Å²) in [6.45, 7) is 7.29. The van der Waals surface area contributed by atoms with Crippen LogP contribution in [0, 0.1) is 0 Å². The van der Waals surface area contributed by atoms with E-state index in [0.717, 1.165) is 31.7 Å². The number of carboxylic acid groups (broad SMARTS) is 1. The number of likely N-dealkylation sites (tertiary alicyclic amines) is 1. The summed E-state index contributed by atoms with van der Waals surface area (Å²) in [5.41, 5.74) is -1.79. The zero-order valence-corrected chi connectivity index (χ0v) is 24.0. The maximum atomic E-state index is 13.9. The van der Waals surface area contributed by atoms with Crippen molar-refractivity contribution >= 4 is 18.1 Å². The van der Waals surface area contributed by atoms with Crippen molar-refractivity contribution in [2.75, 3.05) is 13.2 Å². The molecule has 2 N–H and O–H groups in total. The van der Waals surface area contributed by atoms with Crippen molar-refractivity contribution in [2.24, 2.45) is 4.99 Å². The molecule has 1 aromatic carbocycles. The first-order valence-corrected chi connectivity index (χ1v) is 13.7. The normalized spacial score (nSPS) is 16.2. The van der Waals surface area contributed by atoms with E-state index in [0.29, 0.717) is 19.4 Å². The number of nitrogens with zero attached hydrogens (tertiary/aromatic N) is 4. The van der Waals surface area contributed by atoms with Gasteiger partial charge in [0.05, 0.1) is 5.56 Å². The molecule has 0 aliphatic carbocycles. The monoisotopic (exact) mass is 595 g/mol. The largest absolute Gasteiger partial charge is 0.489 e. The Morgan fingerprint density at radius 3 is 2.67 bits per heavy atom. The number of carbonyl (C=O) groups excluding carboxylic acids is 1. The molecule has 2 aromatic rings. The number of allylic oxidation sites excluding steroid dienone is 1. The highest BCUT2D eigenvalue weighted by molar-refractivity contribution is 5.98. The summed E-state index contributed by atoms with van der Waals surface area (Å²) in [5.74, 6) is -0.688. The predicted molar refractivity (Wildman–Crippen MR) is 147 cm³/mol. The standard InChI is InChI=1S/C28H36F3N5O6/c1-5-6-7-8-9-10-16-40-21-14-13-18(17-19(21)28(29,30)31)22-32-23(42-35-22)20-12-11-15-36(20)24(33-25(37)38)34-26(39)41-27(2,3)4/h9-10,13-14,17,20H,5-8,11-12,15-16H2,1-4H3,(H,37,38)(H,33,34,39)/t20-/m0/s1. The van der Waals surface area contributed by atoms with Crippen molar-refractivity contribution in [3.05, 3.63) is 41.8 Å². The Kier molecular flexibility index (Phi) is 10.9. The zero-order valence-electron chi connectivity index (χ0n) is 24.0. The average Bonchev–Trinajstić information content (AvgIpc) is 3.56. The van der Waals surface area contributed by atoms with Gasteiger partial charge in [0.25, 0.3) is 0 Å². The fourth-order valence-corrected chi connectivity index (χ4v) is 4.25. The van der Waals surface area contributed by atoms with Gasteiger partial charge in [-0.2, -0.15) is 18.2 Å². The number of hydrogen-bond acceptors (Lipinski definition) is 7. The SMILES string of the molecule is CCCCCC=CCOc1ccc(-c2noc([C@@H]3CCCN3C(=NC(=O)OC(C)(C)C)NC(=O)O)n2)cc1C(F)(F)F. The number of hydrogen-bond donors (Lipinski definition) is 2. The van der Waals surface area contributed by atoms with Crippen LogP contribution in [-0.4, -0.2) is 57.0 Å². The summed E-state index contributed by atoms with van der Waals surface area (Å²) >= 11 is 0. The van der Waals surface area contributed by atoms with E-state index < -0.39 is 35.6 Å². The molecule has 0 spiro atoms. The summed E-state index contributed by atoms with van der Waals surface area (Å²) in [5, 5.41) is 15.3. The average molecular weight is 596 g/mol. The molecular formula is C28H36F3N5O6. The van der Waals surface area contributed by atoms with Gasteiger partial charge in [-0.3, -0.25) is 5.32 Å².